The van der Waals surface area contributed by atoms with Gasteiger partial charge in [-0.25, -0.2) is 4.79 Å². The second-order valence-electron chi connectivity index (χ2n) is 4.27. The van der Waals surface area contributed by atoms with Gasteiger partial charge in [0, 0.05) is 26.1 Å². The summed E-state index contributed by atoms with van der Waals surface area (Å²) in [5, 5.41) is 18.0. The SMILES string of the molecule is CC(O)C1CCN(C(=O)N(C)CC(=O)O)C1. The van der Waals surface area contributed by atoms with Gasteiger partial charge in [0.1, 0.15) is 6.54 Å². The van der Waals surface area contributed by atoms with E-state index in [1.165, 1.54) is 11.9 Å². The predicted molar refractivity (Wildman–Crippen MR) is 57.0 cm³/mol. The molecule has 1 saturated heterocycles. The molecule has 1 heterocycles. The summed E-state index contributed by atoms with van der Waals surface area (Å²) in [6.07, 6.45) is 0.340. The molecule has 0 bridgehead atoms. The Hall–Kier alpha value is -1.30. The summed E-state index contributed by atoms with van der Waals surface area (Å²) in [6, 6.07) is -0.287. The van der Waals surface area contributed by atoms with Crippen molar-refractivity contribution >= 4 is 12.0 Å². The highest BCUT2D eigenvalue weighted by Gasteiger charge is 2.30. The molecular weight excluding hydrogens is 212 g/mol. The molecule has 0 aromatic rings. The van der Waals surface area contributed by atoms with Crippen LogP contribution in [0.1, 0.15) is 13.3 Å². The lowest BCUT2D eigenvalue weighted by Gasteiger charge is -2.23. The van der Waals surface area contributed by atoms with E-state index in [-0.39, 0.29) is 18.5 Å². The maximum atomic E-state index is 11.8. The summed E-state index contributed by atoms with van der Waals surface area (Å²) < 4.78 is 0. The van der Waals surface area contributed by atoms with Crippen LogP contribution in [0.25, 0.3) is 0 Å². The van der Waals surface area contributed by atoms with E-state index in [9.17, 15) is 14.7 Å². The minimum Gasteiger partial charge on any atom is -0.480 e. The summed E-state index contributed by atoms with van der Waals surface area (Å²) >= 11 is 0. The third-order valence-corrected chi connectivity index (χ3v) is 2.88. The number of aliphatic carboxylic acids is 1. The van der Waals surface area contributed by atoms with Crippen molar-refractivity contribution in [3.8, 4) is 0 Å². The quantitative estimate of drug-likeness (QED) is 0.705. The molecule has 0 radical (unpaired) electrons. The van der Waals surface area contributed by atoms with Gasteiger partial charge in [-0.1, -0.05) is 0 Å². The molecule has 0 aromatic carbocycles. The highest BCUT2D eigenvalue weighted by atomic mass is 16.4. The largest absolute Gasteiger partial charge is 0.480 e. The van der Waals surface area contributed by atoms with Crippen molar-refractivity contribution in [3.63, 3.8) is 0 Å². The molecule has 1 aliphatic heterocycles. The molecule has 0 spiro atoms. The van der Waals surface area contributed by atoms with Crippen LogP contribution in [0, 0.1) is 5.92 Å². The molecular formula is C10H18N2O4. The van der Waals surface area contributed by atoms with Crippen LogP contribution in [0.3, 0.4) is 0 Å². The van der Waals surface area contributed by atoms with Gasteiger partial charge in [-0.3, -0.25) is 4.79 Å². The van der Waals surface area contributed by atoms with Gasteiger partial charge in [0.05, 0.1) is 6.10 Å². The lowest BCUT2D eigenvalue weighted by Crippen LogP contribution is -2.42. The fourth-order valence-corrected chi connectivity index (χ4v) is 1.87. The number of amides is 2. The number of hydrogen-bond donors (Lipinski definition) is 2. The normalized spacial score (nSPS) is 21.9. The number of likely N-dealkylation sites (tertiary alicyclic amines) is 1. The number of nitrogens with zero attached hydrogens (tertiary/aromatic N) is 2. The van der Waals surface area contributed by atoms with E-state index in [0.29, 0.717) is 13.1 Å². The van der Waals surface area contributed by atoms with Crippen LogP contribution in [0.5, 0.6) is 0 Å². The molecule has 0 aromatic heterocycles. The predicted octanol–water partition coefficient (Wildman–Crippen LogP) is -0.175. The zero-order chi connectivity index (χ0) is 12.3. The Balaban J connectivity index is 2.47. The van der Waals surface area contributed by atoms with E-state index in [2.05, 4.69) is 0 Å². The first-order chi connectivity index (χ1) is 7.41. The summed E-state index contributed by atoms with van der Waals surface area (Å²) in [4.78, 5) is 25.0. The van der Waals surface area contributed by atoms with Gasteiger partial charge < -0.3 is 20.0 Å². The Bertz CT molecular complexity index is 280. The number of carbonyl (C=O) groups excluding carboxylic acids is 1. The number of carboxylic acid groups (broad SMARTS) is 1. The number of rotatable bonds is 3. The van der Waals surface area contributed by atoms with Crippen molar-refractivity contribution in [2.24, 2.45) is 5.92 Å². The van der Waals surface area contributed by atoms with Gasteiger partial charge in [0.25, 0.3) is 0 Å². The monoisotopic (exact) mass is 230 g/mol. The maximum absolute atomic E-state index is 11.8. The van der Waals surface area contributed by atoms with Gasteiger partial charge in [-0.05, 0) is 13.3 Å². The van der Waals surface area contributed by atoms with E-state index in [0.717, 1.165) is 6.42 Å². The highest BCUT2D eigenvalue weighted by molar-refractivity contribution is 5.80. The average molecular weight is 230 g/mol. The Morgan fingerprint density at radius 3 is 2.62 bits per heavy atom. The van der Waals surface area contributed by atoms with Crippen molar-refractivity contribution in [1.82, 2.24) is 9.80 Å². The summed E-state index contributed by atoms with van der Waals surface area (Å²) in [6.45, 7) is 2.49. The van der Waals surface area contributed by atoms with Crippen LogP contribution in [-0.2, 0) is 4.79 Å². The minimum atomic E-state index is -1.03. The number of carboxylic acids is 1. The number of likely N-dealkylation sites (N-methyl/N-ethyl adjacent to an activating group) is 1. The van der Waals surface area contributed by atoms with E-state index in [1.54, 1.807) is 11.8 Å². The molecule has 0 aliphatic carbocycles. The zero-order valence-electron chi connectivity index (χ0n) is 9.59. The molecule has 1 fully saturated rings. The minimum absolute atomic E-state index is 0.0992. The van der Waals surface area contributed by atoms with Gasteiger partial charge in [0.15, 0.2) is 0 Å². The van der Waals surface area contributed by atoms with Crippen molar-refractivity contribution in [1.29, 1.82) is 0 Å². The maximum Gasteiger partial charge on any atom is 0.323 e. The van der Waals surface area contributed by atoms with E-state index in [4.69, 9.17) is 5.11 Å². The zero-order valence-corrected chi connectivity index (χ0v) is 9.59. The van der Waals surface area contributed by atoms with Gasteiger partial charge >= 0.3 is 12.0 Å². The molecule has 92 valence electrons. The first-order valence-corrected chi connectivity index (χ1v) is 5.31. The molecule has 2 N–H and O–H groups in total. The topological polar surface area (TPSA) is 81.1 Å². The van der Waals surface area contributed by atoms with Crippen LogP contribution in [0.2, 0.25) is 0 Å². The fraction of sp³-hybridized carbons (Fsp3) is 0.800. The van der Waals surface area contributed by atoms with Crippen LogP contribution in [0.15, 0.2) is 0 Å². The number of urea groups is 1. The summed E-state index contributed by atoms with van der Waals surface area (Å²) in [7, 11) is 1.46. The standard InChI is InChI=1S/C10H18N2O4/c1-7(13)8-3-4-12(5-8)10(16)11(2)6-9(14)15/h7-8,13H,3-6H2,1-2H3,(H,14,15). The van der Waals surface area contributed by atoms with Crippen molar-refractivity contribution in [2.75, 3.05) is 26.7 Å². The Kier molecular flexibility index (Phi) is 4.12. The third kappa shape index (κ3) is 3.10. The molecule has 1 rings (SSSR count). The van der Waals surface area contributed by atoms with Crippen LogP contribution >= 0.6 is 0 Å². The van der Waals surface area contributed by atoms with Crippen LogP contribution in [0.4, 0.5) is 4.79 Å². The lowest BCUT2D eigenvalue weighted by molar-refractivity contribution is -0.137. The highest BCUT2D eigenvalue weighted by Crippen LogP contribution is 2.20. The fourth-order valence-electron chi connectivity index (χ4n) is 1.87. The summed E-state index contributed by atoms with van der Waals surface area (Å²) in [5.74, 6) is -0.927. The van der Waals surface area contributed by atoms with Gasteiger partial charge in [-0.15, -0.1) is 0 Å². The Morgan fingerprint density at radius 2 is 2.19 bits per heavy atom. The second-order valence-corrected chi connectivity index (χ2v) is 4.27. The van der Waals surface area contributed by atoms with Gasteiger partial charge in [-0.2, -0.15) is 0 Å². The number of aliphatic hydroxyl groups is 1. The average Bonchev–Trinajstić information content (AvgIpc) is 2.64. The summed E-state index contributed by atoms with van der Waals surface area (Å²) in [5.41, 5.74) is 0. The smallest absolute Gasteiger partial charge is 0.323 e. The molecule has 2 amide bonds. The number of hydrogen-bond acceptors (Lipinski definition) is 3. The van der Waals surface area contributed by atoms with E-state index >= 15 is 0 Å². The van der Waals surface area contributed by atoms with Gasteiger partial charge in [0.2, 0.25) is 0 Å². The van der Waals surface area contributed by atoms with Crippen molar-refractivity contribution < 1.29 is 19.8 Å². The first kappa shape index (κ1) is 12.8. The van der Waals surface area contributed by atoms with Crippen molar-refractivity contribution in [2.45, 2.75) is 19.4 Å². The third-order valence-electron chi connectivity index (χ3n) is 2.88. The van der Waals surface area contributed by atoms with Crippen LogP contribution < -0.4 is 0 Å². The van der Waals surface area contributed by atoms with E-state index in [1.807, 2.05) is 0 Å². The Labute approximate surface area is 94.4 Å². The lowest BCUT2D eigenvalue weighted by atomic mass is 10.0. The molecule has 2 unspecified atom stereocenters. The van der Waals surface area contributed by atoms with E-state index < -0.39 is 12.1 Å². The molecule has 2 atom stereocenters. The number of carbonyl (C=O) groups is 2. The number of aliphatic hydroxyl groups excluding tert-OH is 1. The second kappa shape index (κ2) is 5.16. The molecule has 16 heavy (non-hydrogen) atoms. The molecule has 6 heteroatoms. The Morgan fingerprint density at radius 1 is 1.56 bits per heavy atom. The van der Waals surface area contributed by atoms with Crippen LogP contribution in [-0.4, -0.2) is 64.8 Å². The van der Waals surface area contributed by atoms with Crippen molar-refractivity contribution in [3.05, 3.63) is 0 Å². The molecule has 6 nitrogen and oxygen atoms in total. The first-order valence-electron chi connectivity index (χ1n) is 5.31. The molecule has 1 aliphatic rings. The molecule has 0 saturated carbocycles.